The Hall–Kier alpha value is -0.130. The molecule has 0 aromatic heterocycles. The van der Waals surface area contributed by atoms with Crippen molar-refractivity contribution in [1.29, 1.82) is 0 Å². The van der Waals surface area contributed by atoms with Gasteiger partial charge in [0.2, 0.25) is 0 Å². The quantitative estimate of drug-likeness (QED) is 0.476. The number of rotatable bonds is 9. The molecule has 1 atom stereocenters. The number of aliphatic hydroxyl groups is 1. The fourth-order valence-corrected chi connectivity index (χ4v) is 2.46. The first kappa shape index (κ1) is 14.9. The zero-order valence-corrected chi connectivity index (χ0v) is 10.2. The summed E-state index contributed by atoms with van der Waals surface area (Å²) in [6.45, 7) is 1.99. The molecule has 15 heavy (non-hydrogen) atoms. The monoisotopic (exact) mass is 238 g/mol. The highest BCUT2D eigenvalue weighted by atomic mass is 32.2. The van der Waals surface area contributed by atoms with Crippen LogP contribution in [0.15, 0.2) is 0 Å². The largest absolute Gasteiger partial charge is 0.396 e. The molecule has 0 rings (SSSR count). The molecule has 0 heterocycles. The van der Waals surface area contributed by atoms with Gasteiger partial charge >= 0.3 is 0 Å². The standard InChI is InChI=1S/C10H22O4S/c1-2-10(15(12,13)14)8-6-4-3-5-7-9-11/h10-11H,2-9H2,1H3,(H,12,13,14). The second kappa shape index (κ2) is 8.07. The van der Waals surface area contributed by atoms with E-state index in [1.165, 1.54) is 0 Å². The summed E-state index contributed by atoms with van der Waals surface area (Å²) in [4.78, 5) is 0. The first-order valence-corrected chi connectivity index (χ1v) is 7.09. The summed E-state index contributed by atoms with van der Waals surface area (Å²) in [5, 5.41) is 7.94. The van der Waals surface area contributed by atoms with E-state index in [0.717, 1.165) is 32.1 Å². The summed E-state index contributed by atoms with van der Waals surface area (Å²) in [6, 6.07) is 0. The fraction of sp³-hybridized carbons (Fsp3) is 1.00. The maximum absolute atomic E-state index is 10.9. The third kappa shape index (κ3) is 7.76. The first-order valence-electron chi connectivity index (χ1n) is 5.59. The van der Waals surface area contributed by atoms with Crippen molar-refractivity contribution in [1.82, 2.24) is 0 Å². The summed E-state index contributed by atoms with van der Waals surface area (Å²) >= 11 is 0. The highest BCUT2D eigenvalue weighted by Crippen LogP contribution is 2.14. The Balaban J connectivity index is 3.57. The van der Waals surface area contributed by atoms with Gasteiger partial charge in [0.1, 0.15) is 0 Å². The minimum Gasteiger partial charge on any atom is -0.396 e. The Morgan fingerprint density at radius 3 is 2.07 bits per heavy atom. The average molecular weight is 238 g/mol. The molecule has 0 saturated carbocycles. The lowest BCUT2D eigenvalue weighted by atomic mass is 10.1. The lowest BCUT2D eigenvalue weighted by Gasteiger charge is -2.10. The van der Waals surface area contributed by atoms with Crippen LogP contribution in [0.5, 0.6) is 0 Å². The highest BCUT2D eigenvalue weighted by molar-refractivity contribution is 7.86. The van der Waals surface area contributed by atoms with Gasteiger partial charge in [0.15, 0.2) is 0 Å². The van der Waals surface area contributed by atoms with E-state index in [0.29, 0.717) is 12.8 Å². The van der Waals surface area contributed by atoms with E-state index < -0.39 is 15.4 Å². The van der Waals surface area contributed by atoms with Gasteiger partial charge < -0.3 is 5.11 Å². The summed E-state index contributed by atoms with van der Waals surface area (Å²) < 4.78 is 30.6. The van der Waals surface area contributed by atoms with Gasteiger partial charge in [-0.3, -0.25) is 4.55 Å². The van der Waals surface area contributed by atoms with Crippen LogP contribution >= 0.6 is 0 Å². The van der Waals surface area contributed by atoms with Crippen molar-refractivity contribution in [3.05, 3.63) is 0 Å². The predicted octanol–water partition coefficient (Wildman–Crippen LogP) is 1.99. The van der Waals surface area contributed by atoms with Gasteiger partial charge in [0.25, 0.3) is 10.1 Å². The Bertz CT molecular complexity index is 236. The minimum atomic E-state index is -3.85. The smallest absolute Gasteiger partial charge is 0.267 e. The molecule has 0 saturated heterocycles. The first-order chi connectivity index (χ1) is 7.02. The molecule has 0 radical (unpaired) electrons. The normalized spacial score (nSPS) is 14.1. The van der Waals surface area contributed by atoms with Crippen LogP contribution < -0.4 is 0 Å². The molecular formula is C10H22O4S. The van der Waals surface area contributed by atoms with Crippen LogP contribution in [0, 0.1) is 0 Å². The Morgan fingerprint density at radius 1 is 1.07 bits per heavy atom. The van der Waals surface area contributed by atoms with E-state index in [4.69, 9.17) is 9.66 Å². The zero-order chi connectivity index (χ0) is 11.7. The second-order valence-electron chi connectivity index (χ2n) is 3.83. The van der Waals surface area contributed by atoms with Crippen LogP contribution in [0.1, 0.15) is 51.9 Å². The van der Waals surface area contributed by atoms with E-state index in [9.17, 15) is 8.42 Å². The molecule has 92 valence electrons. The maximum Gasteiger partial charge on any atom is 0.267 e. The SMILES string of the molecule is CCC(CCCCCCCO)S(=O)(=O)O. The van der Waals surface area contributed by atoms with E-state index in [2.05, 4.69) is 0 Å². The van der Waals surface area contributed by atoms with Crippen molar-refractivity contribution >= 4 is 10.1 Å². The van der Waals surface area contributed by atoms with Gasteiger partial charge in [-0.25, -0.2) is 0 Å². The molecule has 0 amide bonds. The topological polar surface area (TPSA) is 74.6 Å². The van der Waals surface area contributed by atoms with E-state index >= 15 is 0 Å². The van der Waals surface area contributed by atoms with Gasteiger partial charge in [0, 0.05) is 6.61 Å². The molecule has 0 aliphatic carbocycles. The molecule has 4 nitrogen and oxygen atoms in total. The summed E-state index contributed by atoms with van der Waals surface area (Å²) in [7, 11) is -3.85. The van der Waals surface area contributed by atoms with Gasteiger partial charge in [-0.1, -0.05) is 32.6 Å². The van der Waals surface area contributed by atoms with Crippen LogP contribution in [-0.4, -0.2) is 29.9 Å². The summed E-state index contributed by atoms with van der Waals surface area (Å²) in [6.07, 6.45) is 5.61. The maximum atomic E-state index is 10.9. The number of hydrogen-bond donors (Lipinski definition) is 2. The Kier molecular flexibility index (Phi) is 8.00. The Labute approximate surface area is 92.4 Å². The molecule has 0 aromatic carbocycles. The molecule has 0 bridgehead atoms. The van der Waals surface area contributed by atoms with Crippen molar-refractivity contribution in [2.75, 3.05) is 6.61 Å². The number of aliphatic hydroxyl groups excluding tert-OH is 1. The molecular weight excluding hydrogens is 216 g/mol. The van der Waals surface area contributed by atoms with Crippen molar-refractivity contribution < 1.29 is 18.1 Å². The van der Waals surface area contributed by atoms with Crippen molar-refractivity contribution in [3.63, 3.8) is 0 Å². The fourth-order valence-electron chi connectivity index (χ4n) is 1.58. The molecule has 0 spiro atoms. The second-order valence-corrected chi connectivity index (χ2v) is 5.52. The minimum absolute atomic E-state index is 0.225. The lowest BCUT2D eigenvalue weighted by molar-refractivity contribution is 0.282. The van der Waals surface area contributed by atoms with Crippen molar-refractivity contribution in [2.45, 2.75) is 57.1 Å². The Morgan fingerprint density at radius 2 is 1.60 bits per heavy atom. The highest BCUT2D eigenvalue weighted by Gasteiger charge is 2.19. The van der Waals surface area contributed by atoms with Crippen LogP contribution in [0.3, 0.4) is 0 Å². The van der Waals surface area contributed by atoms with Crippen LogP contribution in [-0.2, 0) is 10.1 Å². The van der Waals surface area contributed by atoms with Gasteiger partial charge in [0.05, 0.1) is 5.25 Å². The lowest BCUT2D eigenvalue weighted by Crippen LogP contribution is -2.19. The average Bonchev–Trinajstić information content (AvgIpc) is 2.15. The summed E-state index contributed by atoms with van der Waals surface area (Å²) in [5.41, 5.74) is 0. The van der Waals surface area contributed by atoms with E-state index in [1.54, 1.807) is 6.92 Å². The number of hydrogen-bond acceptors (Lipinski definition) is 3. The molecule has 0 fully saturated rings. The molecule has 0 aromatic rings. The van der Waals surface area contributed by atoms with Crippen LogP contribution in [0.2, 0.25) is 0 Å². The van der Waals surface area contributed by atoms with Gasteiger partial charge in [-0.05, 0) is 19.3 Å². The van der Waals surface area contributed by atoms with Crippen molar-refractivity contribution in [3.8, 4) is 0 Å². The van der Waals surface area contributed by atoms with E-state index in [-0.39, 0.29) is 6.61 Å². The molecule has 1 unspecified atom stereocenters. The van der Waals surface area contributed by atoms with E-state index in [1.807, 2.05) is 0 Å². The molecule has 0 aliphatic rings. The zero-order valence-electron chi connectivity index (χ0n) is 9.35. The molecule has 5 heteroatoms. The number of unbranched alkanes of at least 4 members (excludes halogenated alkanes) is 4. The van der Waals surface area contributed by atoms with Gasteiger partial charge in [-0.15, -0.1) is 0 Å². The van der Waals surface area contributed by atoms with Crippen molar-refractivity contribution in [2.24, 2.45) is 0 Å². The van der Waals surface area contributed by atoms with Gasteiger partial charge in [-0.2, -0.15) is 8.42 Å². The third-order valence-electron chi connectivity index (χ3n) is 2.56. The van der Waals surface area contributed by atoms with Crippen LogP contribution in [0.4, 0.5) is 0 Å². The summed E-state index contributed by atoms with van der Waals surface area (Å²) in [5.74, 6) is 0. The third-order valence-corrected chi connectivity index (χ3v) is 3.97. The predicted molar refractivity (Wildman–Crippen MR) is 60.4 cm³/mol. The molecule has 2 N–H and O–H groups in total. The molecule has 0 aliphatic heterocycles. The van der Waals surface area contributed by atoms with Crippen LogP contribution in [0.25, 0.3) is 0 Å².